The molecular formula is C13H15N3O3S. The van der Waals surface area contributed by atoms with Gasteiger partial charge < -0.3 is 16.2 Å². The second-order valence-electron chi connectivity index (χ2n) is 4.15. The van der Waals surface area contributed by atoms with E-state index in [-0.39, 0.29) is 22.1 Å². The number of rotatable bonds is 4. The summed E-state index contributed by atoms with van der Waals surface area (Å²) in [5, 5.41) is 12.6. The first-order valence-corrected chi connectivity index (χ1v) is 7.62. The maximum absolute atomic E-state index is 11.8. The van der Waals surface area contributed by atoms with Crippen LogP contribution in [0.25, 0.3) is 0 Å². The van der Waals surface area contributed by atoms with E-state index in [0.29, 0.717) is 11.5 Å². The van der Waals surface area contributed by atoms with Crippen LogP contribution in [-0.2, 0) is 9.84 Å². The van der Waals surface area contributed by atoms with E-state index in [1.165, 1.54) is 18.2 Å². The monoisotopic (exact) mass is 293 g/mol. The third kappa shape index (κ3) is 2.83. The highest BCUT2D eigenvalue weighted by Crippen LogP contribution is 2.30. The molecule has 7 heteroatoms. The number of sulfone groups is 1. The zero-order valence-electron chi connectivity index (χ0n) is 10.9. The Labute approximate surface area is 117 Å². The van der Waals surface area contributed by atoms with Crippen molar-refractivity contribution in [2.24, 2.45) is 0 Å². The van der Waals surface area contributed by atoms with Crippen molar-refractivity contribution in [2.45, 2.75) is 11.8 Å². The molecule has 0 spiro atoms. The predicted molar refractivity (Wildman–Crippen MR) is 77.8 cm³/mol. The number of hydrogen-bond acceptors (Lipinski definition) is 6. The zero-order valence-corrected chi connectivity index (χ0v) is 11.7. The molecule has 2 rings (SSSR count). The molecule has 0 unspecified atom stereocenters. The Hall–Kier alpha value is -2.28. The van der Waals surface area contributed by atoms with Gasteiger partial charge >= 0.3 is 0 Å². The molecule has 0 atom stereocenters. The van der Waals surface area contributed by atoms with Crippen molar-refractivity contribution < 1.29 is 13.5 Å². The van der Waals surface area contributed by atoms with Crippen LogP contribution in [0, 0.1) is 0 Å². The number of anilines is 3. The SMILES string of the molecule is CCS(=O)(=O)c1ccc(O)c(Nc2ncccc2N)c1. The Balaban J connectivity index is 2.42. The second kappa shape index (κ2) is 5.38. The van der Waals surface area contributed by atoms with Gasteiger partial charge in [-0.2, -0.15) is 0 Å². The van der Waals surface area contributed by atoms with Gasteiger partial charge in [-0.05, 0) is 30.3 Å². The minimum absolute atomic E-state index is 0.0110. The van der Waals surface area contributed by atoms with E-state index in [9.17, 15) is 13.5 Å². The third-order valence-electron chi connectivity index (χ3n) is 2.80. The van der Waals surface area contributed by atoms with Crippen molar-refractivity contribution in [2.75, 3.05) is 16.8 Å². The number of aromatic hydroxyl groups is 1. The van der Waals surface area contributed by atoms with Gasteiger partial charge in [0.1, 0.15) is 5.75 Å². The highest BCUT2D eigenvalue weighted by Gasteiger charge is 2.14. The van der Waals surface area contributed by atoms with Gasteiger partial charge in [-0.1, -0.05) is 6.92 Å². The van der Waals surface area contributed by atoms with E-state index in [4.69, 9.17) is 5.73 Å². The highest BCUT2D eigenvalue weighted by atomic mass is 32.2. The van der Waals surface area contributed by atoms with Crippen molar-refractivity contribution in [3.8, 4) is 5.75 Å². The summed E-state index contributed by atoms with van der Waals surface area (Å²) < 4.78 is 23.7. The van der Waals surface area contributed by atoms with Gasteiger partial charge in [0, 0.05) is 6.20 Å². The first kappa shape index (κ1) is 14.1. The number of pyridine rings is 1. The number of phenolic OH excluding ortho intramolecular Hbond substituents is 1. The molecule has 0 bridgehead atoms. The van der Waals surface area contributed by atoms with Crippen molar-refractivity contribution in [3.05, 3.63) is 36.5 Å². The molecule has 1 aromatic heterocycles. The summed E-state index contributed by atoms with van der Waals surface area (Å²) in [6, 6.07) is 7.38. The number of nitrogens with zero attached hydrogens (tertiary/aromatic N) is 1. The van der Waals surface area contributed by atoms with Crippen LogP contribution in [0.5, 0.6) is 5.75 Å². The highest BCUT2D eigenvalue weighted by molar-refractivity contribution is 7.91. The Morgan fingerprint density at radius 2 is 2.10 bits per heavy atom. The third-order valence-corrected chi connectivity index (χ3v) is 4.53. The van der Waals surface area contributed by atoms with Crippen LogP contribution < -0.4 is 11.1 Å². The molecule has 6 nitrogen and oxygen atoms in total. The second-order valence-corrected chi connectivity index (χ2v) is 6.43. The quantitative estimate of drug-likeness (QED) is 0.744. The van der Waals surface area contributed by atoms with Crippen LogP contribution in [0.2, 0.25) is 0 Å². The summed E-state index contributed by atoms with van der Waals surface area (Å²) in [5.74, 6) is 0.266. The number of nitrogen functional groups attached to an aromatic ring is 1. The Bertz CT molecular complexity index is 729. The molecular weight excluding hydrogens is 278 g/mol. The maximum atomic E-state index is 11.8. The molecule has 0 aliphatic rings. The number of aromatic nitrogens is 1. The van der Waals surface area contributed by atoms with Crippen molar-refractivity contribution >= 4 is 27.0 Å². The summed E-state index contributed by atoms with van der Waals surface area (Å²) in [6.07, 6.45) is 1.54. The molecule has 4 N–H and O–H groups in total. The standard InChI is InChI=1S/C13H15N3O3S/c1-2-20(18,19)9-5-6-12(17)11(8-9)16-13-10(14)4-3-7-15-13/h3-8,17H,2,14H2,1H3,(H,15,16). The molecule has 0 aliphatic heterocycles. The van der Waals surface area contributed by atoms with Crippen LogP contribution in [0.1, 0.15) is 6.92 Å². The first-order chi connectivity index (χ1) is 9.44. The van der Waals surface area contributed by atoms with Crippen LogP contribution in [0.3, 0.4) is 0 Å². The zero-order chi connectivity index (χ0) is 14.8. The molecule has 0 saturated heterocycles. The number of nitrogens with one attached hydrogen (secondary N) is 1. The molecule has 1 aromatic carbocycles. The molecule has 0 amide bonds. The lowest BCUT2D eigenvalue weighted by Crippen LogP contribution is -2.05. The molecule has 0 radical (unpaired) electrons. The van der Waals surface area contributed by atoms with Crippen LogP contribution >= 0.6 is 0 Å². The van der Waals surface area contributed by atoms with Crippen molar-refractivity contribution in [3.63, 3.8) is 0 Å². The van der Waals surface area contributed by atoms with Gasteiger partial charge in [0.25, 0.3) is 0 Å². The van der Waals surface area contributed by atoms with Gasteiger partial charge in [0.05, 0.1) is 22.0 Å². The van der Waals surface area contributed by atoms with Gasteiger partial charge in [0.2, 0.25) is 0 Å². The lowest BCUT2D eigenvalue weighted by molar-refractivity contribution is 0.477. The van der Waals surface area contributed by atoms with Crippen LogP contribution in [0.15, 0.2) is 41.4 Å². The van der Waals surface area contributed by atoms with Crippen molar-refractivity contribution in [1.82, 2.24) is 4.98 Å². The minimum Gasteiger partial charge on any atom is -0.506 e. The Kier molecular flexibility index (Phi) is 3.80. The topological polar surface area (TPSA) is 105 Å². The molecule has 2 aromatic rings. The fourth-order valence-electron chi connectivity index (χ4n) is 1.63. The smallest absolute Gasteiger partial charge is 0.178 e. The van der Waals surface area contributed by atoms with Gasteiger partial charge in [-0.25, -0.2) is 13.4 Å². The summed E-state index contributed by atoms with van der Waals surface area (Å²) >= 11 is 0. The molecule has 20 heavy (non-hydrogen) atoms. The van der Waals surface area contributed by atoms with Crippen molar-refractivity contribution in [1.29, 1.82) is 0 Å². The number of phenols is 1. The van der Waals surface area contributed by atoms with E-state index >= 15 is 0 Å². The average molecular weight is 293 g/mol. The summed E-state index contributed by atoms with van der Waals surface area (Å²) in [4.78, 5) is 4.16. The molecule has 1 heterocycles. The minimum atomic E-state index is -3.34. The van der Waals surface area contributed by atoms with Gasteiger partial charge in [0.15, 0.2) is 15.7 Å². The number of nitrogens with two attached hydrogens (primary N) is 1. The Morgan fingerprint density at radius 1 is 1.35 bits per heavy atom. The first-order valence-electron chi connectivity index (χ1n) is 5.97. The van der Waals surface area contributed by atoms with E-state index in [0.717, 1.165) is 0 Å². The fourth-order valence-corrected chi connectivity index (χ4v) is 2.53. The predicted octanol–water partition coefficient (Wildman–Crippen LogP) is 1.91. The summed E-state index contributed by atoms with van der Waals surface area (Å²) in [6.45, 7) is 1.56. The number of benzene rings is 1. The van der Waals surface area contributed by atoms with E-state index in [1.807, 2.05) is 0 Å². The lowest BCUT2D eigenvalue weighted by atomic mass is 10.3. The van der Waals surface area contributed by atoms with E-state index < -0.39 is 9.84 Å². The Morgan fingerprint density at radius 3 is 2.75 bits per heavy atom. The van der Waals surface area contributed by atoms with Gasteiger partial charge in [-0.3, -0.25) is 0 Å². The van der Waals surface area contributed by atoms with Gasteiger partial charge in [-0.15, -0.1) is 0 Å². The summed E-state index contributed by atoms with van der Waals surface area (Å²) in [5.41, 5.74) is 6.38. The largest absolute Gasteiger partial charge is 0.506 e. The van der Waals surface area contributed by atoms with E-state index in [1.54, 1.807) is 25.3 Å². The molecule has 106 valence electrons. The lowest BCUT2D eigenvalue weighted by Gasteiger charge is -2.11. The normalized spacial score (nSPS) is 11.2. The maximum Gasteiger partial charge on any atom is 0.178 e. The fraction of sp³-hybridized carbons (Fsp3) is 0.154. The molecule has 0 fully saturated rings. The molecule has 0 aliphatic carbocycles. The average Bonchev–Trinajstić information content (AvgIpc) is 2.43. The summed E-state index contributed by atoms with van der Waals surface area (Å²) in [7, 11) is -3.34. The number of hydrogen-bond donors (Lipinski definition) is 3. The van der Waals surface area contributed by atoms with E-state index in [2.05, 4.69) is 10.3 Å². The molecule has 0 saturated carbocycles. The van der Waals surface area contributed by atoms with Crippen LogP contribution in [0.4, 0.5) is 17.2 Å². The van der Waals surface area contributed by atoms with Crippen LogP contribution in [-0.4, -0.2) is 24.3 Å².